The van der Waals surface area contributed by atoms with Crippen LogP contribution in [0.2, 0.25) is 5.02 Å². The Hall–Kier alpha value is -5.69. The summed E-state index contributed by atoms with van der Waals surface area (Å²) >= 11 is 6.14. The van der Waals surface area contributed by atoms with E-state index in [0.717, 1.165) is 73.0 Å². The number of fused-ring (bicyclic) bond motifs is 3. The molecule has 2 atom stereocenters. The van der Waals surface area contributed by atoms with Gasteiger partial charge in [0.05, 0.1) is 41.4 Å². The number of aryl methyl sites for hydroxylation is 3. The zero-order valence-electron chi connectivity index (χ0n) is 39.9. The highest BCUT2D eigenvalue weighted by atomic mass is 35.5. The van der Waals surface area contributed by atoms with Gasteiger partial charge in [-0.2, -0.15) is 18.4 Å². The molecule has 3 aromatic rings. The van der Waals surface area contributed by atoms with Gasteiger partial charge in [0.15, 0.2) is 17.3 Å². The van der Waals surface area contributed by atoms with Gasteiger partial charge in [-0.25, -0.2) is 4.79 Å². The van der Waals surface area contributed by atoms with Crippen LogP contribution in [0.3, 0.4) is 0 Å². The average Bonchev–Trinajstić information content (AvgIpc) is 3.26. The van der Waals surface area contributed by atoms with Crippen LogP contribution in [0.4, 0.5) is 35.0 Å². The maximum absolute atomic E-state index is 13.1. The molecule has 4 amide bonds. The van der Waals surface area contributed by atoms with E-state index in [9.17, 15) is 37.6 Å². The van der Waals surface area contributed by atoms with Crippen molar-refractivity contribution in [3.8, 4) is 23.3 Å². The molecule has 1 N–H and O–H groups in total. The Kier molecular flexibility index (Phi) is 17.8. The molecule has 2 unspecified atom stereocenters. The van der Waals surface area contributed by atoms with Crippen LogP contribution in [0.1, 0.15) is 121 Å². The maximum atomic E-state index is 13.1. The van der Waals surface area contributed by atoms with Gasteiger partial charge in [-0.3, -0.25) is 14.4 Å². The van der Waals surface area contributed by atoms with E-state index < -0.39 is 34.9 Å². The van der Waals surface area contributed by atoms with E-state index in [2.05, 4.69) is 30.0 Å². The van der Waals surface area contributed by atoms with Gasteiger partial charge in [0.2, 0.25) is 0 Å². The first-order chi connectivity index (χ1) is 31.0. The van der Waals surface area contributed by atoms with Gasteiger partial charge in [0, 0.05) is 43.3 Å². The first-order valence-corrected chi connectivity index (χ1v) is 22.8. The van der Waals surface area contributed by atoms with Crippen LogP contribution in [0.5, 0.6) is 17.2 Å². The Morgan fingerprint density at radius 3 is 1.94 bits per heavy atom. The average molecular weight is 943 g/mol. The molecule has 6 rings (SSSR count). The van der Waals surface area contributed by atoms with E-state index >= 15 is 0 Å². The highest BCUT2D eigenvalue weighted by Gasteiger charge is 2.45. The van der Waals surface area contributed by atoms with E-state index in [1.165, 1.54) is 38.8 Å². The quantitative estimate of drug-likeness (QED) is 0.175. The number of nitrogens with one attached hydrogen (secondary N) is 1. The number of alkyl halides is 3. The van der Waals surface area contributed by atoms with Crippen molar-refractivity contribution < 1.29 is 51.3 Å². The Labute approximate surface area is 391 Å². The number of unbranched alkanes of at least 4 members (excludes halogenated alkanes) is 3. The predicted molar refractivity (Wildman–Crippen MR) is 249 cm³/mol. The van der Waals surface area contributed by atoms with Crippen LogP contribution < -0.4 is 34.2 Å². The fourth-order valence-corrected chi connectivity index (χ4v) is 7.73. The van der Waals surface area contributed by atoms with Gasteiger partial charge in [-0.15, -0.1) is 0 Å². The fraction of sp³-hybridized carbons (Fsp3) is 0.531. The summed E-state index contributed by atoms with van der Waals surface area (Å²) in [5, 5.41) is 12.3. The summed E-state index contributed by atoms with van der Waals surface area (Å²) in [4.78, 5) is 53.9. The summed E-state index contributed by atoms with van der Waals surface area (Å²) in [5.74, 6) is 1.00. The Morgan fingerprint density at radius 2 is 1.36 bits per heavy atom. The standard InChI is InChI=1S/C18H24N2O2.C16H19F3N2O4.C15H20ClNO2/c1-5-7-8-9-20-15-10-13(3)14(12-19)11-16(15)22-18(4,6-2)17(20)21;1-9-7-11-12(8-10(9)16(17,18)19)25-15(2,3)13(22)21(11)6-5-20-14(23)24-4;1-4-6-7-17-12-8-10(3)11(16)9-14(12)19-13(5-2)15(17)18/h10-11H,5-9H2,1-4H3;7-8H,5-6H2,1-4H3,(H,20,23);8-9,13H,4-7H2,1-3H3. The first kappa shape index (κ1) is 52.9. The molecule has 0 bridgehead atoms. The lowest BCUT2D eigenvalue weighted by Crippen LogP contribution is -2.54. The number of nitriles is 1. The number of ether oxygens (including phenoxy) is 4. The van der Waals surface area contributed by atoms with E-state index in [-0.39, 0.29) is 48.0 Å². The molecular weight excluding hydrogens is 879 g/mol. The van der Waals surface area contributed by atoms with Crippen molar-refractivity contribution in [3.05, 3.63) is 69.2 Å². The van der Waals surface area contributed by atoms with Crippen molar-refractivity contribution in [1.29, 1.82) is 5.26 Å². The van der Waals surface area contributed by atoms with Crippen LogP contribution in [-0.2, 0) is 25.3 Å². The number of anilines is 3. The molecule has 3 aromatic carbocycles. The number of benzene rings is 3. The van der Waals surface area contributed by atoms with E-state index in [4.69, 9.17) is 25.8 Å². The summed E-state index contributed by atoms with van der Waals surface area (Å²) in [7, 11) is 1.20. The summed E-state index contributed by atoms with van der Waals surface area (Å²) in [5.41, 5.74) is 1.32. The Bertz CT molecular complexity index is 2320. The van der Waals surface area contributed by atoms with Crippen LogP contribution in [0, 0.1) is 32.1 Å². The predicted octanol–water partition coefficient (Wildman–Crippen LogP) is 10.8. The highest BCUT2D eigenvalue weighted by Crippen LogP contribution is 2.44. The maximum Gasteiger partial charge on any atom is 0.416 e. The number of hydrogen-bond acceptors (Lipinski definition) is 9. The SMILES string of the molecule is CCCCCN1C(=O)C(C)(CC)Oc2cc(C#N)c(C)cc21.CCCCN1C(=O)C(CC)Oc2cc(Cl)c(C)cc21.COC(=O)NCCN1C(=O)C(C)(C)Oc2cc(C(F)(F)F)c(C)cc21. The number of carbonyl (C=O) groups excluding carboxylic acids is 4. The zero-order valence-corrected chi connectivity index (χ0v) is 40.6. The molecule has 66 heavy (non-hydrogen) atoms. The van der Waals surface area contributed by atoms with Crippen molar-refractivity contribution in [2.24, 2.45) is 0 Å². The van der Waals surface area contributed by atoms with Crippen molar-refractivity contribution in [1.82, 2.24) is 5.32 Å². The molecule has 0 saturated carbocycles. The number of halogens is 4. The molecule has 13 nitrogen and oxygen atoms in total. The first-order valence-electron chi connectivity index (χ1n) is 22.4. The van der Waals surface area contributed by atoms with Crippen molar-refractivity contribution in [2.45, 2.75) is 138 Å². The fourth-order valence-electron chi connectivity index (χ4n) is 7.57. The normalized spacial score (nSPS) is 18.1. The summed E-state index contributed by atoms with van der Waals surface area (Å²) < 4.78 is 61.0. The molecule has 0 fully saturated rings. The molecule has 0 spiro atoms. The van der Waals surface area contributed by atoms with Gasteiger partial charge in [-0.1, -0.05) is 58.6 Å². The topological polar surface area (TPSA) is 151 Å². The molecular formula is C49H63ClF3N5O8. The minimum absolute atomic E-state index is 0.0164. The van der Waals surface area contributed by atoms with Gasteiger partial charge in [-0.05, 0) is 108 Å². The third-order valence-corrected chi connectivity index (χ3v) is 12.1. The number of amides is 4. The molecule has 0 aromatic heterocycles. The molecule has 3 heterocycles. The lowest BCUT2D eigenvalue weighted by Gasteiger charge is -2.40. The minimum Gasteiger partial charge on any atom is -0.478 e. The second-order valence-corrected chi connectivity index (χ2v) is 17.6. The second kappa shape index (κ2) is 22.2. The van der Waals surface area contributed by atoms with Crippen LogP contribution >= 0.6 is 11.6 Å². The van der Waals surface area contributed by atoms with Crippen LogP contribution in [-0.4, -0.2) is 74.4 Å². The van der Waals surface area contributed by atoms with Gasteiger partial charge >= 0.3 is 12.3 Å². The van der Waals surface area contributed by atoms with Gasteiger partial charge in [0.25, 0.3) is 17.7 Å². The van der Waals surface area contributed by atoms with E-state index in [1.54, 1.807) is 6.07 Å². The van der Waals surface area contributed by atoms with Crippen molar-refractivity contribution in [2.75, 3.05) is 48.0 Å². The number of nitrogens with zero attached hydrogens (tertiary/aromatic N) is 4. The molecule has 0 radical (unpaired) electrons. The number of methoxy groups -OCH3 is 1. The molecule has 3 aliphatic heterocycles. The lowest BCUT2D eigenvalue weighted by atomic mass is 9.96. The van der Waals surface area contributed by atoms with Gasteiger partial charge < -0.3 is 39.0 Å². The summed E-state index contributed by atoms with van der Waals surface area (Å²) in [6.07, 6.45) is 0.934. The summed E-state index contributed by atoms with van der Waals surface area (Å²) in [6.45, 7) is 19.7. The molecule has 360 valence electrons. The minimum atomic E-state index is -4.52. The molecule has 0 aliphatic carbocycles. The van der Waals surface area contributed by atoms with Crippen LogP contribution in [0.15, 0.2) is 36.4 Å². The van der Waals surface area contributed by atoms with Crippen LogP contribution in [0.25, 0.3) is 0 Å². The van der Waals surface area contributed by atoms with Crippen molar-refractivity contribution >= 4 is 52.5 Å². The Morgan fingerprint density at radius 1 is 0.788 bits per heavy atom. The second-order valence-electron chi connectivity index (χ2n) is 17.1. The lowest BCUT2D eigenvalue weighted by molar-refractivity contribution is -0.138. The molecule has 3 aliphatic rings. The Balaban J connectivity index is 0.000000218. The number of alkyl carbamates (subject to hydrolysis) is 1. The molecule has 17 heteroatoms. The zero-order chi connectivity index (χ0) is 49.3. The third-order valence-electron chi connectivity index (χ3n) is 11.7. The number of hydrogen-bond donors (Lipinski definition) is 1. The van der Waals surface area contributed by atoms with Gasteiger partial charge in [0.1, 0.15) is 17.2 Å². The largest absolute Gasteiger partial charge is 0.478 e. The molecule has 0 saturated heterocycles. The van der Waals surface area contributed by atoms with Crippen molar-refractivity contribution in [3.63, 3.8) is 0 Å². The summed E-state index contributed by atoms with van der Waals surface area (Å²) in [6, 6.07) is 11.8. The number of rotatable bonds is 12. The smallest absolute Gasteiger partial charge is 0.416 e. The van der Waals surface area contributed by atoms with E-state index in [1.807, 2.05) is 62.6 Å². The monoisotopic (exact) mass is 941 g/mol. The third kappa shape index (κ3) is 12.0. The van der Waals surface area contributed by atoms with E-state index in [0.29, 0.717) is 35.7 Å². The highest BCUT2D eigenvalue weighted by molar-refractivity contribution is 6.31. The number of carbonyl (C=O) groups is 4.